The van der Waals surface area contributed by atoms with Crippen molar-refractivity contribution in [2.75, 3.05) is 6.61 Å². The lowest BCUT2D eigenvalue weighted by atomic mass is 9.95. The lowest BCUT2D eigenvalue weighted by Gasteiger charge is -2.20. The lowest BCUT2D eigenvalue weighted by Crippen LogP contribution is -2.29. The molecule has 0 amide bonds. The molecule has 0 bridgehead atoms. The summed E-state index contributed by atoms with van der Waals surface area (Å²) in [6.07, 6.45) is 0. The van der Waals surface area contributed by atoms with Crippen molar-refractivity contribution in [3.05, 3.63) is 63.6 Å². The van der Waals surface area contributed by atoms with Crippen LogP contribution >= 0.6 is 15.9 Å². The molecule has 0 aliphatic rings. The molecule has 2 rings (SSSR count). The van der Waals surface area contributed by atoms with Gasteiger partial charge in [-0.05, 0) is 48.7 Å². The summed E-state index contributed by atoms with van der Waals surface area (Å²) in [7, 11) is 0. The molecule has 3 nitrogen and oxygen atoms in total. The Bertz CT molecular complexity index is 569. The highest BCUT2D eigenvalue weighted by atomic mass is 79.9. The average Bonchev–Trinajstić information content (AvgIpc) is 2.46. The molecule has 0 aliphatic heterocycles. The van der Waals surface area contributed by atoms with Crippen LogP contribution in [0.1, 0.15) is 29.7 Å². The summed E-state index contributed by atoms with van der Waals surface area (Å²) in [5.41, 5.74) is 6.34. The first-order valence-corrected chi connectivity index (χ1v) is 7.40. The highest BCUT2D eigenvalue weighted by Gasteiger charge is 2.15. The molecule has 106 valence electrons. The highest BCUT2D eigenvalue weighted by Crippen LogP contribution is 2.29. The standard InChI is InChI=1S/C16H19BrN2O/c1-3-20-13-9-7-12(8-10-13)16(19-18)14-5-4-6-15(17)11(14)2/h4-10,16,19H,3,18H2,1-2H3. The second kappa shape index (κ2) is 6.88. The number of ether oxygens (including phenoxy) is 1. The summed E-state index contributed by atoms with van der Waals surface area (Å²) in [6.45, 7) is 4.73. The zero-order valence-electron chi connectivity index (χ0n) is 11.7. The van der Waals surface area contributed by atoms with E-state index in [0.717, 1.165) is 21.3 Å². The topological polar surface area (TPSA) is 47.3 Å². The minimum Gasteiger partial charge on any atom is -0.494 e. The molecule has 0 heterocycles. The van der Waals surface area contributed by atoms with Gasteiger partial charge in [0, 0.05) is 4.47 Å². The van der Waals surface area contributed by atoms with Crippen LogP contribution < -0.4 is 16.0 Å². The Hall–Kier alpha value is -1.36. The number of nitrogens with two attached hydrogens (primary N) is 1. The number of benzene rings is 2. The SMILES string of the molecule is CCOc1ccc(C(NN)c2cccc(Br)c2C)cc1. The lowest BCUT2D eigenvalue weighted by molar-refractivity contribution is 0.340. The molecule has 4 heteroatoms. The average molecular weight is 335 g/mol. The monoisotopic (exact) mass is 334 g/mol. The van der Waals surface area contributed by atoms with Gasteiger partial charge < -0.3 is 4.74 Å². The maximum absolute atomic E-state index is 5.76. The van der Waals surface area contributed by atoms with Crippen LogP contribution in [0.3, 0.4) is 0 Å². The smallest absolute Gasteiger partial charge is 0.119 e. The van der Waals surface area contributed by atoms with Crippen molar-refractivity contribution < 1.29 is 4.74 Å². The van der Waals surface area contributed by atoms with E-state index in [4.69, 9.17) is 10.6 Å². The van der Waals surface area contributed by atoms with Crippen LogP contribution in [0.15, 0.2) is 46.9 Å². The van der Waals surface area contributed by atoms with Crippen LogP contribution in [0.2, 0.25) is 0 Å². The van der Waals surface area contributed by atoms with Crippen molar-refractivity contribution in [3.63, 3.8) is 0 Å². The second-order valence-electron chi connectivity index (χ2n) is 4.56. The van der Waals surface area contributed by atoms with Gasteiger partial charge in [-0.15, -0.1) is 0 Å². The zero-order valence-corrected chi connectivity index (χ0v) is 13.3. The Labute approximate surface area is 128 Å². The van der Waals surface area contributed by atoms with Crippen molar-refractivity contribution in [1.82, 2.24) is 5.43 Å². The Morgan fingerprint density at radius 3 is 2.50 bits per heavy atom. The van der Waals surface area contributed by atoms with Gasteiger partial charge in [0.25, 0.3) is 0 Å². The molecule has 0 fully saturated rings. The number of hydrogen-bond donors (Lipinski definition) is 2. The fourth-order valence-corrected chi connectivity index (χ4v) is 2.61. The predicted octanol–water partition coefficient (Wildman–Crippen LogP) is 3.71. The molecule has 0 radical (unpaired) electrons. The Morgan fingerprint density at radius 1 is 1.20 bits per heavy atom. The van der Waals surface area contributed by atoms with E-state index in [-0.39, 0.29) is 6.04 Å². The number of halogens is 1. The van der Waals surface area contributed by atoms with Crippen molar-refractivity contribution >= 4 is 15.9 Å². The minimum absolute atomic E-state index is 0.0387. The Kier molecular flexibility index (Phi) is 5.17. The fourth-order valence-electron chi connectivity index (χ4n) is 2.23. The molecule has 20 heavy (non-hydrogen) atoms. The summed E-state index contributed by atoms with van der Waals surface area (Å²) in [4.78, 5) is 0. The minimum atomic E-state index is -0.0387. The maximum atomic E-state index is 5.76. The van der Waals surface area contributed by atoms with Crippen LogP contribution in [0.4, 0.5) is 0 Å². The summed E-state index contributed by atoms with van der Waals surface area (Å²) >= 11 is 3.56. The summed E-state index contributed by atoms with van der Waals surface area (Å²) < 4.78 is 6.55. The van der Waals surface area contributed by atoms with Gasteiger partial charge in [-0.2, -0.15) is 0 Å². The molecule has 0 aromatic heterocycles. The van der Waals surface area contributed by atoms with Crippen LogP contribution in [0.25, 0.3) is 0 Å². The maximum Gasteiger partial charge on any atom is 0.119 e. The van der Waals surface area contributed by atoms with Gasteiger partial charge >= 0.3 is 0 Å². The molecular formula is C16H19BrN2O. The molecule has 0 aliphatic carbocycles. The number of hydrazine groups is 1. The van der Waals surface area contributed by atoms with Crippen LogP contribution in [0, 0.1) is 6.92 Å². The third-order valence-corrected chi connectivity index (χ3v) is 4.17. The van der Waals surface area contributed by atoms with E-state index >= 15 is 0 Å². The van der Waals surface area contributed by atoms with Gasteiger partial charge in [0.1, 0.15) is 5.75 Å². The molecular weight excluding hydrogens is 316 g/mol. The first kappa shape index (κ1) is 15.0. The van der Waals surface area contributed by atoms with Gasteiger partial charge in [-0.25, -0.2) is 5.43 Å². The first-order valence-electron chi connectivity index (χ1n) is 6.61. The van der Waals surface area contributed by atoms with E-state index in [1.807, 2.05) is 43.3 Å². The summed E-state index contributed by atoms with van der Waals surface area (Å²) in [5, 5.41) is 0. The molecule has 2 aromatic rings. The zero-order chi connectivity index (χ0) is 14.5. The normalized spacial score (nSPS) is 12.2. The van der Waals surface area contributed by atoms with Gasteiger partial charge in [0.2, 0.25) is 0 Å². The highest BCUT2D eigenvalue weighted by molar-refractivity contribution is 9.10. The molecule has 0 saturated heterocycles. The Morgan fingerprint density at radius 2 is 1.90 bits per heavy atom. The van der Waals surface area contributed by atoms with Crippen LogP contribution in [-0.4, -0.2) is 6.61 Å². The van der Waals surface area contributed by atoms with E-state index in [2.05, 4.69) is 34.3 Å². The van der Waals surface area contributed by atoms with E-state index in [9.17, 15) is 0 Å². The number of hydrogen-bond acceptors (Lipinski definition) is 3. The quantitative estimate of drug-likeness (QED) is 0.647. The number of nitrogens with one attached hydrogen (secondary N) is 1. The third kappa shape index (κ3) is 3.20. The van der Waals surface area contributed by atoms with Gasteiger partial charge in [-0.3, -0.25) is 5.84 Å². The first-order chi connectivity index (χ1) is 9.67. The molecule has 0 saturated carbocycles. The van der Waals surface area contributed by atoms with Crippen molar-refractivity contribution in [3.8, 4) is 5.75 Å². The molecule has 0 spiro atoms. The second-order valence-corrected chi connectivity index (χ2v) is 5.41. The van der Waals surface area contributed by atoms with Gasteiger partial charge in [0.15, 0.2) is 0 Å². The van der Waals surface area contributed by atoms with E-state index < -0.39 is 0 Å². The van der Waals surface area contributed by atoms with Crippen molar-refractivity contribution in [2.24, 2.45) is 5.84 Å². The molecule has 3 N–H and O–H groups in total. The van der Waals surface area contributed by atoms with Gasteiger partial charge in [-0.1, -0.05) is 40.2 Å². The predicted molar refractivity (Wildman–Crippen MR) is 85.7 cm³/mol. The fraction of sp³-hybridized carbons (Fsp3) is 0.250. The summed E-state index contributed by atoms with van der Waals surface area (Å²) in [5.74, 6) is 6.63. The molecule has 1 unspecified atom stereocenters. The van der Waals surface area contributed by atoms with E-state index in [0.29, 0.717) is 6.61 Å². The van der Waals surface area contributed by atoms with E-state index in [1.54, 1.807) is 0 Å². The number of rotatable bonds is 5. The van der Waals surface area contributed by atoms with E-state index in [1.165, 1.54) is 5.56 Å². The van der Waals surface area contributed by atoms with Crippen LogP contribution in [-0.2, 0) is 0 Å². The van der Waals surface area contributed by atoms with Gasteiger partial charge in [0.05, 0.1) is 12.6 Å². The van der Waals surface area contributed by atoms with Crippen LogP contribution in [0.5, 0.6) is 5.75 Å². The molecule has 1 atom stereocenters. The van der Waals surface area contributed by atoms with Crippen molar-refractivity contribution in [1.29, 1.82) is 0 Å². The van der Waals surface area contributed by atoms with Crippen molar-refractivity contribution in [2.45, 2.75) is 19.9 Å². The molecule has 2 aromatic carbocycles. The summed E-state index contributed by atoms with van der Waals surface area (Å²) in [6, 6.07) is 14.1. The Balaban J connectivity index is 2.34. The third-order valence-electron chi connectivity index (χ3n) is 3.31. The largest absolute Gasteiger partial charge is 0.494 e.